The second kappa shape index (κ2) is 10.7. The van der Waals surface area contributed by atoms with Crippen LogP contribution in [0.25, 0.3) is 0 Å². The van der Waals surface area contributed by atoms with Crippen LogP contribution in [0.2, 0.25) is 0 Å². The van der Waals surface area contributed by atoms with Crippen molar-refractivity contribution in [3.05, 3.63) is 102 Å². The highest BCUT2D eigenvalue weighted by Gasteiger charge is 2.21. The molecule has 3 aromatic carbocycles. The van der Waals surface area contributed by atoms with Crippen LogP contribution in [-0.4, -0.2) is 33.3 Å². The van der Waals surface area contributed by atoms with E-state index in [4.69, 9.17) is 4.74 Å². The van der Waals surface area contributed by atoms with Crippen LogP contribution in [-0.2, 0) is 19.6 Å². The first kappa shape index (κ1) is 22.4. The molecule has 3 rings (SSSR count). The number of carbonyl (C=O) groups is 2. The summed E-state index contributed by atoms with van der Waals surface area (Å²) in [5, 5.41) is 0. The van der Waals surface area contributed by atoms with Gasteiger partial charge in [-0.2, -0.15) is 0 Å². The lowest BCUT2D eigenvalue weighted by Gasteiger charge is -2.18. The minimum absolute atomic E-state index is 0.0168. The molecular formula is C24H23NO5S. The Morgan fingerprint density at radius 3 is 1.97 bits per heavy atom. The van der Waals surface area contributed by atoms with Gasteiger partial charge in [0, 0.05) is 18.0 Å². The molecule has 1 N–H and O–H groups in total. The van der Waals surface area contributed by atoms with Crippen molar-refractivity contribution in [1.29, 1.82) is 0 Å². The fourth-order valence-corrected chi connectivity index (χ4v) is 4.14. The van der Waals surface area contributed by atoms with Crippen LogP contribution in [0, 0.1) is 0 Å². The number of esters is 1. The molecular weight excluding hydrogens is 414 g/mol. The Kier molecular flexibility index (Phi) is 7.70. The van der Waals surface area contributed by atoms with Crippen molar-refractivity contribution >= 4 is 21.8 Å². The van der Waals surface area contributed by atoms with Crippen molar-refractivity contribution in [2.75, 3.05) is 13.2 Å². The quantitative estimate of drug-likeness (QED) is 0.387. The number of ketones is 1. The average molecular weight is 438 g/mol. The summed E-state index contributed by atoms with van der Waals surface area (Å²) in [6.07, 6.45) is -0.0661. The van der Waals surface area contributed by atoms with E-state index in [0.29, 0.717) is 5.56 Å². The molecule has 0 fully saturated rings. The standard InChI is InChI=1S/C24H23NO5S/c26-23(20-12-6-2-7-13-20)18-30-24(27)16-21(19-10-4-1-5-11-19)17-25-31(28,29)22-14-8-3-9-15-22/h1-15,21,25H,16-18H2/t21-/m0/s1. The molecule has 1 atom stereocenters. The van der Waals surface area contributed by atoms with Gasteiger partial charge in [-0.3, -0.25) is 9.59 Å². The van der Waals surface area contributed by atoms with E-state index in [1.165, 1.54) is 12.1 Å². The van der Waals surface area contributed by atoms with E-state index >= 15 is 0 Å². The number of hydrogen-bond donors (Lipinski definition) is 1. The summed E-state index contributed by atoms with van der Waals surface area (Å²) >= 11 is 0. The molecule has 0 aromatic heterocycles. The summed E-state index contributed by atoms with van der Waals surface area (Å²) in [5.74, 6) is -1.31. The van der Waals surface area contributed by atoms with Gasteiger partial charge in [-0.25, -0.2) is 13.1 Å². The second-order valence-corrected chi connectivity index (χ2v) is 8.69. The fraction of sp³-hybridized carbons (Fsp3) is 0.167. The monoisotopic (exact) mass is 437 g/mol. The normalized spacial score (nSPS) is 12.1. The Bertz CT molecular complexity index is 1100. The van der Waals surface area contributed by atoms with Crippen molar-refractivity contribution in [3.63, 3.8) is 0 Å². The van der Waals surface area contributed by atoms with Gasteiger partial charge in [0.2, 0.25) is 10.0 Å². The highest BCUT2D eigenvalue weighted by atomic mass is 32.2. The van der Waals surface area contributed by atoms with Gasteiger partial charge < -0.3 is 4.74 Å². The number of carbonyl (C=O) groups excluding carboxylic acids is 2. The molecule has 0 aliphatic carbocycles. The van der Waals surface area contributed by atoms with E-state index < -0.39 is 21.9 Å². The maximum atomic E-state index is 12.6. The van der Waals surface area contributed by atoms with E-state index in [0.717, 1.165) is 5.56 Å². The topological polar surface area (TPSA) is 89.5 Å². The van der Waals surface area contributed by atoms with Gasteiger partial charge in [0.25, 0.3) is 0 Å². The minimum atomic E-state index is -3.72. The maximum absolute atomic E-state index is 12.6. The van der Waals surface area contributed by atoms with Crippen molar-refractivity contribution < 1.29 is 22.7 Å². The summed E-state index contributed by atoms with van der Waals surface area (Å²) in [5.41, 5.74) is 1.26. The molecule has 0 spiro atoms. The van der Waals surface area contributed by atoms with Crippen LogP contribution in [0.4, 0.5) is 0 Å². The van der Waals surface area contributed by atoms with E-state index in [1.54, 1.807) is 48.5 Å². The SMILES string of the molecule is O=C(C[C@@H](CNS(=O)(=O)c1ccccc1)c1ccccc1)OCC(=O)c1ccccc1. The van der Waals surface area contributed by atoms with Crippen LogP contribution < -0.4 is 4.72 Å². The number of Topliss-reactive ketones (excluding diaryl/α,β-unsaturated/α-hetero) is 1. The third-order valence-electron chi connectivity index (χ3n) is 4.72. The molecule has 6 nitrogen and oxygen atoms in total. The molecule has 0 aliphatic heterocycles. The molecule has 0 heterocycles. The summed E-state index contributed by atoms with van der Waals surface area (Å²) in [7, 11) is -3.72. The highest BCUT2D eigenvalue weighted by molar-refractivity contribution is 7.89. The largest absolute Gasteiger partial charge is 0.457 e. The number of rotatable bonds is 10. The predicted molar refractivity (Wildman–Crippen MR) is 117 cm³/mol. The molecule has 0 aliphatic rings. The summed E-state index contributed by atoms with van der Waals surface area (Å²) in [4.78, 5) is 24.7. The van der Waals surface area contributed by atoms with Crippen LogP contribution in [0.15, 0.2) is 95.9 Å². The molecule has 0 unspecified atom stereocenters. The lowest BCUT2D eigenvalue weighted by molar-refractivity contribution is -0.142. The van der Waals surface area contributed by atoms with Gasteiger partial charge in [-0.1, -0.05) is 78.9 Å². The van der Waals surface area contributed by atoms with Crippen molar-refractivity contribution in [3.8, 4) is 0 Å². The third-order valence-corrected chi connectivity index (χ3v) is 6.16. The van der Waals surface area contributed by atoms with Crippen LogP contribution in [0.3, 0.4) is 0 Å². The van der Waals surface area contributed by atoms with Crippen LogP contribution in [0.1, 0.15) is 28.3 Å². The minimum Gasteiger partial charge on any atom is -0.457 e. The van der Waals surface area contributed by atoms with E-state index in [-0.39, 0.29) is 30.3 Å². The molecule has 31 heavy (non-hydrogen) atoms. The van der Waals surface area contributed by atoms with Gasteiger partial charge >= 0.3 is 5.97 Å². The van der Waals surface area contributed by atoms with Crippen LogP contribution >= 0.6 is 0 Å². The number of sulfonamides is 1. The zero-order chi connectivity index (χ0) is 22.1. The van der Waals surface area contributed by atoms with E-state index in [1.807, 2.05) is 30.3 Å². The van der Waals surface area contributed by atoms with Crippen LogP contribution in [0.5, 0.6) is 0 Å². The summed E-state index contributed by atoms with van der Waals surface area (Å²) in [6.45, 7) is -0.344. The molecule has 0 saturated carbocycles. The third kappa shape index (κ3) is 6.60. The van der Waals surface area contributed by atoms with E-state index in [9.17, 15) is 18.0 Å². The van der Waals surface area contributed by atoms with Crippen molar-refractivity contribution in [1.82, 2.24) is 4.72 Å². The lowest BCUT2D eigenvalue weighted by atomic mass is 9.96. The first-order valence-electron chi connectivity index (χ1n) is 9.79. The zero-order valence-corrected chi connectivity index (χ0v) is 17.6. The zero-order valence-electron chi connectivity index (χ0n) is 16.8. The molecule has 7 heteroatoms. The van der Waals surface area contributed by atoms with Gasteiger partial charge in [-0.05, 0) is 17.7 Å². The molecule has 3 aromatic rings. The first-order valence-corrected chi connectivity index (χ1v) is 11.3. The number of hydrogen-bond acceptors (Lipinski definition) is 5. The predicted octanol–water partition coefficient (Wildman–Crippen LogP) is 3.56. The number of nitrogens with one attached hydrogen (secondary N) is 1. The lowest BCUT2D eigenvalue weighted by Crippen LogP contribution is -2.30. The summed E-state index contributed by atoms with van der Waals surface area (Å²) < 4.78 is 32.8. The van der Waals surface area contributed by atoms with Gasteiger partial charge in [-0.15, -0.1) is 0 Å². The summed E-state index contributed by atoms with van der Waals surface area (Å²) in [6, 6.07) is 25.7. The molecule has 160 valence electrons. The van der Waals surface area contributed by atoms with Gasteiger partial charge in [0.1, 0.15) is 0 Å². The highest BCUT2D eigenvalue weighted by Crippen LogP contribution is 2.20. The Balaban J connectivity index is 1.64. The fourth-order valence-electron chi connectivity index (χ4n) is 3.04. The Labute approximate surface area is 181 Å². The second-order valence-electron chi connectivity index (χ2n) is 6.93. The molecule has 0 saturated heterocycles. The van der Waals surface area contributed by atoms with E-state index in [2.05, 4.69) is 4.72 Å². The maximum Gasteiger partial charge on any atom is 0.306 e. The van der Waals surface area contributed by atoms with Crippen molar-refractivity contribution in [2.45, 2.75) is 17.2 Å². The molecule has 0 radical (unpaired) electrons. The van der Waals surface area contributed by atoms with Gasteiger partial charge in [0.05, 0.1) is 11.3 Å². The Hall–Kier alpha value is -3.29. The average Bonchev–Trinajstić information content (AvgIpc) is 2.82. The Morgan fingerprint density at radius 1 is 0.806 bits per heavy atom. The smallest absolute Gasteiger partial charge is 0.306 e. The number of ether oxygens (including phenoxy) is 1. The van der Waals surface area contributed by atoms with Crippen molar-refractivity contribution in [2.24, 2.45) is 0 Å². The molecule has 0 amide bonds. The Morgan fingerprint density at radius 2 is 1.35 bits per heavy atom. The number of benzene rings is 3. The van der Waals surface area contributed by atoms with Gasteiger partial charge in [0.15, 0.2) is 12.4 Å². The first-order chi connectivity index (χ1) is 15.0. The molecule has 0 bridgehead atoms.